The summed E-state index contributed by atoms with van der Waals surface area (Å²) in [5.41, 5.74) is 4.49. The molecule has 0 unspecified atom stereocenters. The quantitative estimate of drug-likeness (QED) is 0.116. The van der Waals surface area contributed by atoms with Gasteiger partial charge in [0.25, 0.3) is 0 Å². The first-order valence-corrected chi connectivity index (χ1v) is 19.0. The Kier molecular flexibility index (Phi) is 12.2. The van der Waals surface area contributed by atoms with Gasteiger partial charge >= 0.3 is 0 Å². The van der Waals surface area contributed by atoms with E-state index in [9.17, 15) is 0 Å². The molecule has 200 valence electrons. The Morgan fingerprint density at radius 3 is 1.24 bits per heavy atom. The summed E-state index contributed by atoms with van der Waals surface area (Å²) in [6.07, 6.45) is 13.0. The molecule has 0 aliphatic heterocycles. The third kappa shape index (κ3) is 9.18. The van der Waals surface area contributed by atoms with Gasteiger partial charge in [-0.25, -0.2) is 0 Å². The van der Waals surface area contributed by atoms with Crippen LogP contribution in [0, 0.1) is 0 Å². The number of hydrogen-bond acceptors (Lipinski definition) is 2. The fraction of sp³-hybridized carbons (Fsp3) is 0.353. The van der Waals surface area contributed by atoms with E-state index in [0.717, 1.165) is 48.3 Å². The molecule has 0 fully saturated rings. The standard InChI is InChI=1S/C34H44O2Si2/c1-7-9-23-35-33-25-30(18-12-28-15-21-32(22-16-28)38(5)6)34(36-24-10-8-2)26-29(33)17-11-27-13-19-31(20-14-27)37(3)4/h11-22,25-26H,7-10,23-24H2,1-6H3/b17-11+,18-12+. The van der Waals surface area contributed by atoms with Crippen molar-refractivity contribution in [2.45, 2.75) is 65.7 Å². The molecular formula is C34H44O2Si2. The summed E-state index contributed by atoms with van der Waals surface area (Å²) >= 11 is 0. The first-order valence-electron chi connectivity index (χ1n) is 14.0. The van der Waals surface area contributed by atoms with Gasteiger partial charge in [0.1, 0.15) is 11.5 Å². The largest absolute Gasteiger partial charge is 0.493 e. The van der Waals surface area contributed by atoms with Crippen molar-refractivity contribution in [1.29, 1.82) is 0 Å². The van der Waals surface area contributed by atoms with Crippen LogP contribution in [0.1, 0.15) is 61.8 Å². The fourth-order valence-corrected chi connectivity index (χ4v) is 5.65. The molecule has 0 N–H and O–H groups in total. The third-order valence-corrected chi connectivity index (χ3v) is 9.52. The molecule has 0 spiro atoms. The summed E-state index contributed by atoms with van der Waals surface area (Å²) in [6.45, 7) is 15.1. The van der Waals surface area contributed by atoms with Gasteiger partial charge in [-0.1, -0.05) is 136 Å². The Balaban J connectivity index is 1.95. The summed E-state index contributed by atoms with van der Waals surface area (Å²) in [6, 6.07) is 22.2. The number of benzene rings is 3. The maximum atomic E-state index is 6.30. The Labute approximate surface area is 234 Å². The van der Waals surface area contributed by atoms with Crippen LogP contribution in [0.2, 0.25) is 26.2 Å². The lowest BCUT2D eigenvalue weighted by Gasteiger charge is -2.15. The zero-order valence-corrected chi connectivity index (χ0v) is 26.1. The van der Waals surface area contributed by atoms with Gasteiger partial charge in [0, 0.05) is 11.1 Å². The van der Waals surface area contributed by atoms with Crippen molar-refractivity contribution in [2.24, 2.45) is 0 Å². The van der Waals surface area contributed by atoms with Crippen molar-refractivity contribution < 1.29 is 9.47 Å². The predicted molar refractivity (Wildman–Crippen MR) is 172 cm³/mol. The lowest BCUT2D eigenvalue weighted by atomic mass is 10.1. The minimum absolute atomic E-state index is 0.433. The molecule has 0 bridgehead atoms. The van der Waals surface area contributed by atoms with Crippen LogP contribution in [-0.4, -0.2) is 30.8 Å². The molecule has 0 heterocycles. The van der Waals surface area contributed by atoms with E-state index in [4.69, 9.17) is 9.47 Å². The highest BCUT2D eigenvalue weighted by Crippen LogP contribution is 2.32. The van der Waals surface area contributed by atoms with Gasteiger partial charge in [-0.05, 0) is 36.1 Å². The van der Waals surface area contributed by atoms with Gasteiger partial charge < -0.3 is 9.47 Å². The monoisotopic (exact) mass is 540 g/mol. The zero-order chi connectivity index (χ0) is 27.3. The maximum Gasteiger partial charge on any atom is 0.127 e. The lowest BCUT2D eigenvalue weighted by molar-refractivity contribution is 0.300. The highest BCUT2D eigenvalue weighted by atomic mass is 28.3. The van der Waals surface area contributed by atoms with Crippen LogP contribution in [0.25, 0.3) is 24.3 Å². The molecule has 0 aliphatic rings. The van der Waals surface area contributed by atoms with Gasteiger partial charge in [-0.2, -0.15) is 0 Å². The zero-order valence-electron chi connectivity index (χ0n) is 24.1. The Morgan fingerprint density at radius 2 is 0.921 bits per heavy atom. The van der Waals surface area contributed by atoms with Gasteiger partial charge in [0.15, 0.2) is 0 Å². The van der Waals surface area contributed by atoms with Crippen LogP contribution in [0.15, 0.2) is 60.7 Å². The molecule has 3 aromatic rings. The highest BCUT2D eigenvalue weighted by molar-refractivity contribution is 6.71. The van der Waals surface area contributed by atoms with E-state index in [0.29, 0.717) is 13.2 Å². The molecule has 2 nitrogen and oxygen atoms in total. The van der Waals surface area contributed by atoms with Crippen LogP contribution >= 0.6 is 0 Å². The van der Waals surface area contributed by atoms with Gasteiger partial charge in [-0.3, -0.25) is 0 Å². The molecule has 0 saturated heterocycles. The van der Waals surface area contributed by atoms with Crippen LogP contribution < -0.4 is 19.8 Å². The molecule has 3 rings (SSSR count). The topological polar surface area (TPSA) is 18.5 Å². The van der Waals surface area contributed by atoms with E-state index in [1.807, 2.05) is 0 Å². The number of rotatable bonds is 14. The summed E-state index contributed by atoms with van der Waals surface area (Å²) in [4.78, 5) is 0. The van der Waals surface area contributed by atoms with Crippen LogP contribution in [-0.2, 0) is 0 Å². The second-order valence-corrected chi connectivity index (χ2v) is 15.4. The Hall–Kier alpha value is -2.83. The van der Waals surface area contributed by atoms with Gasteiger partial charge in [0.2, 0.25) is 0 Å². The smallest absolute Gasteiger partial charge is 0.127 e. The molecule has 0 atom stereocenters. The minimum atomic E-state index is -0.433. The normalized spacial score (nSPS) is 11.8. The highest BCUT2D eigenvalue weighted by Gasteiger charge is 2.10. The van der Waals surface area contributed by atoms with Crippen molar-refractivity contribution in [3.05, 3.63) is 82.9 Å². The fourth-order valence-electron chi connectivity index (χ4n) is 3.98. The molecule has 0 amide bonds. The van der Waals surface area contributed by atoms with Crippen molar-refractivity contribution in [2.75, 3.05) is 13.2 Å². The maximum absolute atomic E-state index is 6.30. The van der Waals surface area contributed by atoms with E-state index in [1.54, 1.807) is 0 Å². The van der Waals surface area contributed by atoms with Gasteiger partial charge in [-0.15, -0.1) is 0 Å². The Morgan fingerprint density at radius 1 is 0.553 bits per heavy atom. The molecule has 4 heteroatoms. The first kappa shape index (κ1) is 29.7. The van der Waals surface area contributed by atoms with Crippen molar-refractivity contribution in [3.8, 4) is 11.5 Å². The van der Waals surface area contributed by atoms with E-state index < -0.39 is 17.6 Å². The average molecular weight is 541 g/mol. The molecule has 0 saturated carbocycles. The van der Waals surface area contributed by atoms with Crippen molar-refractivity contribution in [3.63, 3.8) is 0 Å². The van der Waals surface area contributed by atoms with Crippen molar-refractivity contribution in [1.82, 2.24) is 0 Å². The molecule has 3 aromatic carbocycles. The molecular weight excluding hydrogens is 497 g/mol. The summed E-state index contributed by atoms with van der Waals surface area (Å²) in [7, 11) is -0.865. The number of unbranched alkanes of at least 4 members (excludes halogenated alkanes) is 2. The van der Waals surface area contributed by atoms with E-state index in [2.05, 4.69) is 125 Å². The van der Waals surface area contributed by atoms with E-state index in [-0.39, 0.29) is 0 Å². The second kappa shape index (κ2) is 15.6. The third-order valence-electron chi connectivity index (χ3n) is 6.54. The van der Waals surface area contributed by atoms with Crippen LogP contribution in [0.5, 0.6) is 11.5 Å². The molecule has 2 radical (unpaired) electrons. The summed E-state index contributed by atoms with van der Waals surface area (Å²) < 4.78 is 12.6. The predicted octanol–water partition coefficient (Wildman–Crippen LogP) is 8.31. The Bertz CT molecular complexity index is 1080. The first-order chi connectivity index (χ1) is 18.4. The molecule has 38 heavy (non-hydrogen) atoms. The minimum Gasteiger partial charge on any atom is -0.493 e. The van der Waals surface area contributed by atoms with Crippen LogP contribution in [0.3, 0.4) is 0 Å². The second-order valence-electron chi connectivity index (χ2n) is 10.2. The number of hydrogen-bond donors (Lipinski definition) is 0. The SMILES string of the molecule is CCCCOc1cc(/C=C/c2ccc([Si](C)C)cc2)c(OCCCC)cc1/C=C/c1ccc([Si](C)C)cc1. The van der Waals surface area contributed by atoms with E-state index in [1.165, 1.54) is 21.5 Å². The number of ether oxygens (including phenoxy) is 2. The van der Waals surface area contributed by atoms with Crippen LogP contribution in [0.4, 0.5) is 0 Å². The van der Waals surface area contributed by atoms with Gasteiger partial charge in [0.05, 0.1) is 30.8 Å². The van der Waals surface area contributed by atoms with E-state index >= 15 is 0 Å². The summed E-state index contributed by atoms with van der Waals surface area (Å²) in [5.74, 6) is 1.81. The molecule has 0 aromatic heterocycles. The average Bonchev–Trinajstić information content (AvgIpc) is 2.92. The summed E-state index contributed by atoms with van der Waals surface area (Å²) in [5, 5.41) is 2.91. The molecule has 0 aliphatic carbocycles. The van der Waals surface area contributed by atoms with Crippen molar-refractivity contribution >= 4 is 52.3 Å². The lowest BCUT2D eigenvalue weighted by Crippen LogP contribution is -2.21.